The molecule has 2 atom stereocenters. The van der Waals surface area contributed by atoms with Crippen LogP contribution in [0.2, 0.25) is 0 Å². The number of benzene rings is 2. The topological polar surface area (TPSA) is 58.6 Å². The fraction of sp³-hybridized carbons (Fsp3) is 0.462. The predicted molar refractivity (Wildman–Crippen MR) is 125 cm³/mol. The number of likely N-dealkylation sites (tertiary alicyclic amines) is 1. The first kappa shape index (κ1) is 22.9. The molecule has 1 heterocycles. The second-order valence-electron chi connectivity index (χ2n) is 8.62. The van der Waals surface area contributed by atoms with E-state index in [1.165, 1.54) is 0 Å². The summed E-state index contributed by atoms with van der Waals surface area (Å²) in [6.45, 7) is 9.75. The molecule has 1 aliphatic rings. The SMILES string of the molecule is CCC(C)c1ccccc1OC(C)C(=O)Nc1ccccc1C(=O)N1CCC(C)CC1. The molecule has 1 fully saturated rings. The summed E-state index contributed by atoms with van der Waals surface area (Å²) in [5.74, 6) is 1.42. The van der Waals surface area contributed by atoms with Crippen molar-refractivity contribution in [2.24, 2.45) is 5.92 Å². The van der Waals surface area contributed by atoms with E-state index in [1.54, 1.807) is 19.1 Å². The van der Waals surface area contributed by atoms with Crippen LogP contribution in [0.15, 0.2) is 48.5 Å². The summed E-state index contributed by atoms with van der Waals surface area (Å²) < 4.78 is 6.02. The molecule has 2 aromatic rings. The molecule has 1 aliphatic heterocycles. The number of carbonyl (C=O) groups is 2. The van der Waals surface area contributed by atoms with Gasteiger partial charge < -0.3 is 15.0 Å². The third kappa shape index (κ3) is 5.66. The molecule has 0 aliphatic carbocycles. The van der Waals surface area contributed by atoms with Crippen molar-refractivity contribution >= 4 is 17.5 Å². The number of carbonyl (C=O) groups excluding carboxylic acids is 2. The minimum absolute atomic E-state index is 0.0292. The zero-order valence-corrected chi connectivity index (χ0v) is 19.1. The minimum atomic E-state index is -0.691. The molecule has 0 saturated carbocycles. The summed E-state index contributed by atoms with van der Waals surface area (Å²) >= 11 is 0. The number of anilines is 1. The van der Waals surface area contributed by atoms with Crippen molar-refractivity contribution < 1.29 is 14.3 Å². The van der Waals surface area contributed by atoms with Gasteiger partial charge in [0.05, 0.1) is 11.3 Å². The molecular formula is C26H34N2O3. The van der Waals surface area contributed by atoms with Gasteiger partial charge in [-0.25, -0.2) is 0 Å². The first-order chi connectivity index (χ1) is 14.9. The van der Waals surface area contributed by atoms with Crippen LogP contribution in [0.25, 0.3) is 0 Å². The summed E-state index contributed by atoms with van der Waals surface area (Å²) in [5, 5.41) is 2.91. The summed E-state index contributed by atoms with van der Waals surface area (Å²) in [5.41, 5.74) is 2.15. The van der Waals surface area contributed by atoms with E-state index in [2.05, 4.69) is 26.1 Å². The maximum absolute atomic E-state index is 13.1. The van der Waals surface area contributed by atoms with Crippen LogP contribution in [0.3, 0.4) is 0 Å². The molecule has 0 bridgehead atoms. The average molecular weight is 423 g/mol. The van der Waals surface area contributed by atoms with Crippen LogP contribution in [0.1, 0.15) is 68.8 Å². The van der Waals surface area contributed by atoms with E-state index < -0.39 is 6.10 Å². The second kappa shape index (κ2) is 10.5. The highest BCUT2D eigenvalue weighted by molar-refractivity contribution is 6.04. The van der Waals surface area contributed by atoms with Crippen molar-refractivity contribution in [3.63, 3.8) is 0 Å². The predicted octanol–water partition coefficient (Wildman–Crippen LogP) is 5.48. The Hall–Kier alpha value is -2.82. The van der Waals surface area contributed by atoms with Gasteiger partial charge in [-0.3, -0.25) is 9.59 Å². The number of para-hydroxylation sites is 2. The van der Waals surface area contributed by atoms with E-state index in [4.69, 9.17) is 4.74 Å². The van der Waals surface area contributed by atoms with Crippen molar-refractivity contribution in [1.29, 1.82) is 0 Å². The maximum atomic E-state index is 13.1. The van der Waals surface area contributed by atoms with Crippen LogP contribution >= 0.6 is 0 Å². The van der Waals surface area contributed by atoms with Crippen LogP contribution in [-0.4, -0.2) is 35.9 Å². The quantitative estimate of drug-likeness (QED) is 0.643. The molecule has 0 spiro atoms. The Balaban J connectivity index is 1.70. The Bertz CT molecular complexity index is 903. The lowest BCUT2D eigenvalue weighted by atomic mass is 9.98. The Morgan fingerprint density at radius 3 is 2.42 bits per heavy atom. The van der Waals surface area contributed by atoms with Crippen molar-refractivity contribution in [1.82, 2.24) is 4.90 Å². The van der Waals surface area contributed by atoms with Gasteiger partial charge in [-0.2, -0.15) is 0 Å². The number of hydrogen-bond acceptors (Lipinski definition) is 3. The van der Waals surface area contributed by atoms with E-state index >= 15 is 0 Å². The van der Waals surface area contributed by atoms with E-state index in [-0.39, 0.29) is 11.8 Å². The molecule has 5 heteroatoms. The van der Waals surface area contributed by atoms with Gasteiger partial charge >= 0.3 is 0 Å². The van der Waals surface area contributed by atoms with Crippen molar-refractivity contribution in [2.75, 3.05) is 18.4 Å². The molecule has 1 N–H and O–H groups in total. The van der Waals surface area contributed by atoms with Crippen LogP contribution < -0.4 is 10.1 Å². The fourth-order valence-electron chi connectivity index (χ4n) is 3.85. The first-order valence-corrected chi connectivity index (χ1v) is 11.4. The molecular weight excluding hydrogens is 388 g/mol. The van der Waals surface area contributed by atoms with Gasteiger partial charge in [0, 0.05) is 13.1 Å². The van der Waals surface area contributed by atoms with Gasteiger partial charge in [-0.05, 0) is 61.8 Å². The molecule has 166 valence electrons. The molecule has 31 heavy (non-hydrogen) atoms. The number of hydrogen-bond donors (Lipinski definition) is 1. The zero-order chi connectivity index (χ0) is 22.4. The average Bonchev–Trinajstić information content (AvgIpc) is 2.79. The summed E-state index contributed by atoms with van der Waals surface area (Å²) in [7, 11) is 0. The Morgan fingerprint density at radius 1 is 1.06 bits per heavy atom. The highest BCUT2D eigenvalue weighted by Gasteiger charge is 2.25. The van der Waals surface area contributed by atoms with Crippen molar-refractivity contribution in [3.05, 3.63) is 59.7 Å². The van der Waals surface area contributed by atoms with E-state index in [0.717, 1.165) is 43.7 Å². The van der Waals surface area contributed by atoms with Gasteiger partial charge in [0.25, 0.3) is 11.8 Å². The van der Waals surface area contributed by atoms with Gasteiger partial charge in [0.1, 0.15) is 5.75 Å². The molecule has 2 amide bonds. The van der Waals surface area contributed by atoms with Crippen molar-refractivity contribution in [2.45, 2.75) is 59.0 Å². The molecule has 5 nitrogen and oxygen atoms in total. The Morgan fingerprint density at radius 2 is 1.71 bits per heavy atom. The normalized spacial score (nSPS) is 16.5. The first-order valence-electron chi connectivity index (χ1n) is 11.4. The molecule has 1 saturated heterocycles. The Kier molecular flexibility index (Phi) is 7.72. The highest BCUT2D eigenvalue weighted by Crippen LogP contribution is 2.29. The van der Waals surface area contributed by atoms with Gasteiger partial charge in [0.15, 0.2) is 6.10 Å². The summed E-state index contributed by atoms with van der Waals surface area (Å²) in [6, 6.07) is 15.1. The third-order valence-corrected chi connectivity index (χ3v) is 6.22. The van der Waals surface area contributed by atoms with Crippen LogP contribution in [0.5, 0.6) is 5.75 Å². The van der Waals surface area contributed by atoms with Gasteiger partial charge in [0.2, 0.25) is 0 Å². The molecule has 0 radical (unpaired) electrons. The van der Waals surface area contributed by atoms with Crippen LogP contribution in [-0.2, 0) is 4.79 Å². The van der Waals surface area contributed by atoms with Crippen LogP contribution in [0.4, 0.5) is 5.69 Å². The third-order valence-electron chi connectivity index (χ3n) is 6.22. The summed E-state index contributed by atoms with van der Waals surface area (Å²) in [6.07, 6.45) is 2.33. The summed E-state index contributed by atoms with van der Waals surface area (Å²) in [4.78, 5) is 27.8. The fourth-order valence-corrected chi connectivity index (χ4v) is 3.85. The van der Waals surface area contributed by atoms with Crippen LogP contribution in [0, 0.1) is 5.92 Å². The lowest BCUT2D eigenvalue weighted by Gasteiger charge is -2.31. The lowest BCUT2D eigenvalue weighted by molar-refractivity contribution is -0.122. The number of nitrogens with zero attached hydrogens (tertiary/aromatic N) is 1. The zero-order valence-electron chi connectivity index (χ0n) is 19.1. The number of amides is 2. The van der Waals surface area contributed by atoms with Gasteiger partial charge in [-0.15, -0.1) is 0 Å². The number of ether oxygens (including phenoxy) is 1. The number of nitrogens with one attached hydrogen (secondary N) is 1. The van der Waals surface area contributed by atoms with E-state index in [9.17, 15) is 9.59 Å². The largest absolute Gasteiger partial charge is 0.481 e. The molecule has 0 aromatic heterocycles. The lowest BCUT2D eigenvalue weighted by Crippen LogP contribution is -2.38. The second-order valence-corrected chi connectivity index (χ2v) is 8.62. The monoisotopic (exact) mass is 422 g/mol. The molecule has 2 unspecified atom stereocenters. The van der Waals surface area contributed by atoms with Crippen molar-refractivity contribution in [3.8, 4) is 5.75 Å². The maximum Gasteiger partial charge on any atom is 0.265 e. The number of rotatable bonds is 7. The van der Waals surface area contributed by atoms with E-state index in [0.29, 0.717) is 23.1 Å². The smallest absolute Gasteiger partial charge is 0.265 e. The number of piperidine rings is 1. The molecule has 3 rings (SSSR count). The standard InChI is InChI=1S/C26H34N2O3/c1-5-19(3)21-10-7-9-13-24(21)31-20(4)25(29)27-23-12-8-6-11-22(23)26(30)28-16-14-18(2)15-17-28/h6-13,18-20H,5,14-17H2,1-4H3,(H,27,29). The van der Waals surface area contributed by atoms with E-state index in [1.807, 2.05) is 41.3 Å². The molecule has 2 aromatic carbocycles. The minimum Gasteiger partial charge on any atom is -0.481 e. The Labute approximate surface area is 185 Å². The highest BCUT2D eigenvalue weighted by atomic mass is 16.5. The van der Waals surface area contributed by atoms with Gasteiger partial charge in [-0.1, -0.05) is 51.1 Å².